The van der Waals surface area contributed by atoms with E-state index in [9.17, 15) is 4.39 Å². The van der Waals surface area contributed by atoms with Gasteiger partial charge < -0.3 is 5.73 Å². The minimum Gasteiger partial charge on any atom is -0.322 e. The van der Waals surface area contributed by atoms with Crippen molar-refractivity contribution in [3.05, 3.63) is 47.1 Å². The van der Waals surface area contributed by atoms with Crippen LogP contribution < -0.4 is 5.73 Å². The molecule has 1 heterocycles. The number of rotatable bonds is 2. The van der Waals surface area contributed by atoms with E-state index in [1.165, 1.54) is 12.1 Å². The zero-order valence-electron chi connectivity index (χ0n) is 9.19. The quantitative estimate of drug-likeness (QED) is 0.893. The number of hydrogen-bond acceptors (Lipinski definition) is 3. The van der Waals surface area contributed by atoms with E-state index >= 15 is 0 Å². The topological polar surface area (TPSA) is 51.8 Å². The lowest BCUT2D eigenvalue weighted by Crippen LogP contribution is -2.09. The molecule has 1 aromatic carbocycles. The van der Waals surface area contributed by atoms with Crippen molar-refractivity contribution in [2.75, 3.05) is 0 Å². The van der Waals surface area contributed by atoms with Gasteiger partial charge in [-0.1, -0.05) is 11.6 Å². The third-order valence-electron chi connectivity index (χ3n) is 2.30. The Bertz CT molecular complexity index is 543. The molecule has 5 heteroatoms. The third kappa shape index (κ3) is 2.60. The van der Waals surface area contributed by atoms with Gasteiger partial charge in [0.05, 0.1) is 16.8 Å². The molecule has 0 fully saturated rings. The number of benzene rings is 1. The summed E-state index contributed by atoms with van der Waals surface area (Å²) >= 11 is 5.72. The maximum atomic E-state index is 13.0. The van der Waals surface area contributed by atoms with Gasteiger partial charge in [-0.3, -0.25) is 0 Å². The molecule has 0 bridgehead atoms. The Morgan fingerprint density at radius 2 is 2.12 bits per heavy atom. The molecule has 0 radical (unpaired) electrons. The Kier molecular flexibility index (Phi) is 3.36. The van der Waals surface area contributed by atoms with Crippen LogP contribution in [0.5, 0.6) is 0 Å². The second kappa shape index (κ2) is 4.77. The molecule has 3 nitrogen and oxygen atoms in total. The molecule has 0 spiro atoms. The van der Waals surface area contributed by atoms with Crippen molar-refractivity contribution in [1.82, 2.24) is 9.97 Å². The van der Waals surface area contributed by atoms with Crippen LogP contribution in [-0.4, -0.2) is 9.97 Å². The molecule has 17 heavy (non-hydrogen) atoms. The molecular formula is C12H11ClFN3. The summed E-state index contributed by atoms with van der Waals surface area (Å²) in [5.41, 5.74) is 7.12. The summed E-state index contributed by atoms with van der Waals surface area (Å²) in [4.78, 5) is 8.36. The Morgan fingerprint density at radius 1 is 1.35 bits per heavy atom. The third-order valence-corrected chi connectivity index (χ3v) is 2.59. The first-order chi connectivity index (χ1) is 8.08. The number of halogens is 2. The smallest absolute Gasteiger partial charge is 0.145 e. The van der Waals surface area contributed by atoms with E-state index in [2.05, 4.69) is 9.97 Å². The van der Waals surface area contributed by atoms with Gasteiger partial charge in [0.2, 0.25) is 0 Å². The predicted octanol–water partition coefficient (Wildman–Crippen LogP) is 2.96. The fraction of sp³-hybridized carbons (Fsp3) is 0.167. The average Bonchev–Trinajstić information content (AvgIpc) is 2.33. The van der Waals surface area contributed by atoms with Gasteiger partial charge in [-0.15, -0.1) is 0 Å². The van der Waals surface area contributed by atoms with Crippen LogP contribution in [0.15, 0.2) is 30.5 Å². The second-order valence-electron chi connectivity index (χ2n) is 3.72. The summed E-state index contributed by atoms with van der Waals surface area (Å²) < 4.78 is 13.0. The number of nitrogens with zero attached hydrogens (tertiary/aromatic N) is 2. The maximum Gasteiger partial charge on any atom is 0.145 e. The molecule has 1 unspecified atom stereocenters. The number of nitrogens with two attached hydrogens (primary N) is 1. The maximum absolute atomic E-state index is 13.0. The Balaban J connectivity index is 2.45. The molecule has 1 atom stereocenters. The fourth-order valence-corrected chi connectivity index (χ4v) is 1.59. The zero-order valence-corrected chi connectivity index (χ0v) is 9.95. The first-order valence-corrected chi connectivity index (χ1v) is 5.49. The first-order valence-electron chi connectivity index (χ1n) is 5.12. The van der Waals surface area contributed by atoms with Crippen molar-refractivity contribution in [2.24, 2.45) is 5.73 Å². The van der Waals surface area contributed by atoms with E-state index in [-0.39, 0.29) is 11.1 Å². The molecule has 0 saturated heterocycles. The highest BCUT2D eigenvalue weighted by molar-refractivity contribution is 6.31. The summed E-state index contributed by atoms with van der Waals surface area (Å²) in [5.74, 6) is 0.0971. The minimum absolute atomic E-state index is 0.0726. The molecule has 0 aliphatic heterocycles. The van der Waals surface area contributed by atoms with E-state index in [1.54, 1.807) is 25.3 Å². The summed E-state index contributed by atoms with van der Waals surface area (Å²) in [6.07, 6.45) is 1.62. The van der Waals surface area contributed by atoms with Gasteiger partial charge in [0.1, 0.15) is 11.6 Å². The molecule has 0 amide bonds. The van der Waals surface area contributed by atoms with Crippen molar-refractivity contribution < 1.29 is 4.39 Å². The summed E-state index contributed by atoms with van der Waals surface area (Å²) in [5, 5.41) is 0.0726. The van der Waals surface area contributed by atoms with E-state index in [4.69, 9.17) is 17.3 Å². The monoisotopic (exact) mass is 251 g/mol. The van der Waals surface area contributed by atoms with Crippen molar-refractivity contribution in [1.29, 1.82) is 0 Å². The van der Waals surface area contributed by atoms with Gasteiger partial charge in [-0.25, -0.2) is 14.4 Å². The second-order valence-corrected chi connectivity index (χ2v) is 4.12. The van der Waals surface area contributed by atoms with Gasteiger partial charge in [-0.2, -0.15) is 0 Å². The van der Waals surface area contributed by atoms with Crippen LogP contribution in [0.4, 0.5) is 4.39 Å². The summed E-state index contributed by atoms with van der Waals surface area (Å²) in [6.45, 7) is 1.80. The lowest BCUT2D eigenvalue weighted by molar-refractivity contribution is 0.628. The highest BCUT2D eigenvalue weighted by atomic mass is 35.5. The molecule has 2 aromatic rings. The summed E-state index contributed by atoms with van der Waals surface area (Å²) in [6, 6.07) is 5.95. The number of aromatic nitrogens is 2. The molecular weight excluding hydrogens is 241 g/mol. The van der Waals surface area contributed by atoms with E-state index in [0.29, 0.717) is 11.5 Å². The minimum atomic E-state index is -0.447. The highest BCUT2D eigenvalue weighted by Crippen LogP contribution is 2.23. The molecule has 0 saturated carbocycles. The van der Waals surface area contributed by atoms with Crippen LogP contribution in [0, 0.1) is 5.82 Å². The summed E-state index contributed by atoms with van der Waals surface area (Å²) in [7, 11) is 0. The van der Waals surface area contributed by atoms with Gasteiger partial charge in [0.25, 0.3) is 0 Å². The van der Waals surface area contributed by atoms with Gasteiger partial charge in [0, 0.05) is 11.8 Å². The first kappa shape index (κ1) is 12.0. The van der Waals surface area contributed by atoms with Crippen LogP contribution in [0.3, 0.4) is 0 Å². The lowest BCUT2D eigenvalue weighted by Gasteiger charge is -2.06. The molecule has 2 rings (SSSR count). The normalized spacial score (nSPS) is 12.5. The van der Waals surface area contributed by atoms with Crippen molar-refractivity contribution in [2.45, 2.75) is 13.0 Å². The fourth-order valence-electron chi connectivity index (χ4n) is 1.41. The predicted molar refractivity (Wildman–Crippen MR) is 65.0 cm³/mol. The molecule has 0 aliphatic rings. The number of hydrogen-bond donors (Lipinski definition) is 1. The van der Waals surface area contributed by atoms with Gasteiger partial charge in [0.15, 0.2) is 0 Å². The van der Waals surface area contributed by atoms with Crippen molar-refractivity contribution in [3.63, 3.8) is 0 Å². The largest absolute Gasteiger partial charge is 0.322 e. The molecule has 0 aliphatic carbocycles. The van der Waals surface area contributed by atoms with E-state index in [1.807, 2.05) is 0 Å². The molecule has 1 aromatic heterocycles. The van der Waals surface area contributed by atoms with E-state index in [0.717, 1.165) is 5.56 Å². The van der Waals surface area contributed by atoms with Crippen molar-refractivity contribution >= 4 is 11.6 Å². The van der Waals surface area contributed by atoms with Crippen LogP contribution in [-0.2, 0) is 0 Å². The Morgan fingerprint density at radius 3 is 2.76 bits per heavy atom. The van der Waals surface area contributed by atoms with E-state index < -0.39 is 5.82 Å². The van der Waals surface area contributed by atoms with Crippen LogP contribution in [0.1, 0.15) is 18.8 Å². The Labute approximate surface area is 103 Å². The van der Waals surface area contributed by atoms with Crippen LogP contribution in [0.25, 0.3) is 11.3 Å². The average molecular weight is 252 g/mol. The highest BCUT2D eigenvalue weighted by Gasteiger charge is 2.07. The van der Waals surface area contributed by atoms with Crippen LogP contribution in [0.2, 0.25) is 5.02 Å². The van der Waals surface area contributed by atoms with Crippen molar-refractivity contribution in [3.8, 4) is 11.3 Å². The van der Waals surface area contributed by atoms with Crippen LogP contribution >= 0.6 is 11.6 Å². The molecule has 88 valence electrons. The Hall–Kier alpha value is -1.52. The standard InChI is InChI=1S/C12H11ClFN3/c1-7(15)12-16-5-4-11(17-12)8-2-3-10(14)9(13)6-8/h2-7H,15H2,1H3. The SMILES string of the molecule is CC(N)c1nccc(-c2ccc(F)c(Cl)c2)n1. The van der Waals surface area contributed by atoms with Gasteiger partial charge in [-0.05, 0) is 31.2 Å². The lowest BCUT2D eigenvalue weighted by atomic mass is 10.1. The zero-order chi connectivity index (χ0) is 12.4. The van der Waals surface area contributed by atoms with Gasteiger partial charge >= 0.3 is 0 Å². The molecule has 2 N–H and O–H groups in total.